The number of nitrogens with one attached hydrogen (secondary N) is 1. The Morgan fingerprint density at radius 1 is 1.00 bits per heavy atom. The van der Waals surface area contributed by atoms with Gasteiger partial charge in [0.1, 0.15) is 11.3 Å². The highest BCUT2D eigenvalue weighted by Gasteiger charge is 2.12. The lowest BCUT2D eigenvalue weighted by Crippen LogP contribution is -2.25. The largest absolute Gasteiger partial charge is 0.352 e. The molecule has 2 heterocycles. The highest BCUT2D eigenvalue weighted by atomic mass is 19.1. The van der Waals surface area contributed by atoms with Gasteiger partial charge >= 0.3 is 0 Å². The van der Waals surface area contributed by atoms with Crippen molar-refractivity contribution in [2.75, 3.05) is 0 Å². The molecule has 6 heteroatoms. The lowest BCUT2D eigenvalue weighted by Gasteiger charge is -2.13. The van der Waals surface area contributed by atoms with Crippen LogP contribution >= 0.6 is 0 Å². The molecule has 30 heavy (non-hydrogen) atoms. The van der Waals surface area contributed by atoms with Crippen molar-refractivity contribution in [1.29, 1.82) is 0 Å². The van der Waals surface area contributed by atoms with Crippen LogP contribution in [0, 0.1) is 5.82 Å². The number of hydrogen-bond acceptors (Lipinski definition) is 2. The summed E-state index contributed by atoms with van der Waals surface area (Å²) in [5.74, 6) is -0.462. The third-order valence-corrected chi connectivity index (χ3v) is 5.41. The van der Waals surface area contributed by atoms with Crippen LogP contribution < -0.4 is 10.9 Å². The summed E-state index contributed by atoms with van der Waals surface area (Å²) in [5.41, 5.74) is 3.95. The molecule has 2 aromatic heterocycles. The van der Waals surface area contributed by atoms with Crippen LogP contribution in [0.15, 0.2) is 65.6 Å². The van der Waals surface area contributed by atoms with Crippen LogP contribution in [0.1, 0.15) is 30.9 Å². The molecule has 0 spiro atoms. The minimum absolute atomic E-state index is 0.0677. The van der Waals surface area contributed by atoms with E-state index in [1.54, 1.807) is 33.4 Å². The molecule has 5 nitrogen and oxygen atoms in total. The Hall–Kier alpha value is -3.41. The van der Waals surface area contributed by atoms with Gasteiger partial charge in [0.05, 0.1) is 11.0 Å². The number of aromatic nitrogens is 2. The number of rotatable bonds is 7. The molecular weight excluding hydrogens is 381 g/mol. The van der Waals surface area contributed by atoms with Crippen LogP contribution in [-0.4, -0.2) is 14.9 Å². The van der Waals surface area contributed by atoms with Gasteiger partial charge in [-0.2, -0.15) is 0 Å². The zero-order chi connectivity index (χ0) is 21.1. The second-order valence-electron chi connectivity index (χ2n) is 7.40. The van der Waals surface area contributed by atoms with E-state index in [1.165, 1.54) is 17.7 Å². The van der Waals surface area contributed by atoms with Gasteiger partial charge in [-0.1, -0.05) is 31.2 Å². The summed E-state index contributed by atoms with van der Waals surface area (Å²) >= 11 is 0. The molecule has 0 fully saturated rings. The van der Waals surface area contributed by atoms with Crippen LogP contribution in [0.2, 0.25) is 0 Å². The Kier molecular flexibility index (Phi) is 5.65. The Balaban J connectivity index is 1.44. The van der Waals surface area contributed by atoms with Crippen molar-refractivity contribution < 1.29 is 9.18 Å². The fourth-order valence-electron chi connectivity index (χ4n) is 3.73. The second kappa shape index (κ2) is 8.53. The average molecular weight is 405 g/mol. The summed E-state index contributed by atoms with van der Waals surface area (Å²) in [4.78, 5) is 25.1. The fraction of sp³-hybridized carbons (Fsp3) is 0.250. The molecule has 4 aromatic rings. The minimum atomic E-state index is -0.394. The molecule has 0 aliphatic carbocycles. The first-order chi connectivity index (χ1) is 14.6. The van der Waals surface area contributed by atoms with Crippen molar-refractivity contribution >= 4 is 22.5 Å². The van der Waals surface area contributed by atoms with E-state index in [1.807, 2.05) is 12.1 Å². The molecule has 0 aliphatic heterocycles. The number of benzene rings is 2. The highest BCUT2D eigenvalue weighted by molar-refractivity contribution is 5.79. The number of carbonyl (C=O) groups is 1. The molecule has 0 saturated carbocycles. The van der Waals surface area contributed by atoms with Gasteiger partial charge in [0, 0.05) is 25.7 Å². The van der Waals surface area contributed by atoms with Crippen LogP contribution in [-0.2, 0) is 24.3 Å². The van der Waals surface area contributed by atoms with Crippen LogP contribution in [0.25, 0.3) is 16.6 Å². The van der Waals surface area contributed by atoms with Crippen LogP contribution in [0.4, 0.5) is 4.39 Å². The number of nitrogens with zero attached hydrogens (tertiary/aromatic N) is 2. The second-order valence-corrected chi connectivity index (χ2v) is 7.40. The maximum atomic E-state index is 13.8. The molecule has 0 saturated heterocycles. The summed E-state index contributed by atoms with van der Waals surface area (Å²) < 4.78 is 17.2. The minimum Gasteiger partial charge on any atom is -0.352 e. The van der Waals surface area contributed by atoms with Crippen molar-refractivity contribution in [3.8, 4) is 0 Å². The zero-order valence-electron chi connectivity index (χ0n) is 16.9. The van der Waals surface area contributed by atoms with E-state index in [-0.39, 0.29) is 11.5 Å². The van der Waals surface area contributed by atoms with Crippen LogP contribution in [0.5, 0.6) is 0 Å². The molecule has 1 N–H and O–H groups in total. The molecule has 0 unspecified atom stereocenters. The summed E-state index contributed by atoms with van der Waals surface area (Å²) in [6, 6.07) is 16.1. The Bertz CT molecular complexity index is 1260. The quantitative estimate of drug-likeness (QED) is 0.504. The van der Waals surface area contributed by atoms with Crippen molar-refractivity contribution in [3.05, 3.63) is 88.1 Å². The monoisotopic (exact) mass is 405 g/mol. The molecule has 2 aromatic carbocycles. The number of aryl methyl sites for hydroxylation is 2. The van der Waals surface area contributed by atoms with Gasteiger partial charge in [-0.05, 0) is 54.3 Å². The lowest BCUT2D eigenvalue weighted by atomic mass is 10.1. The van der Waals surface area contributed by atoms with E-state index in [4.69, 9.17) is 0 Å². The van der Waals surface area contributed by atoms with Gasteiger partial charge in [0.25, 0.3) is 5.56 Å². The van der Waals surface area contributed by atoms with Gasteiger partial charge in [0.15, 0.2) is 0 Å². The first-order valence-corrected chi connectivity index (χ1v) is 10.2. The summed E-state index contributed by atoms with van der Waals surface area (Å²) in [5, 5.41) is 2.92. The van der Waals surface area contributed by atoms with Crippen molar-refractivity contribution in [2.45, 2.75) is 39.3 Å². The predicted molar refractivity (Wildman–Crippen MR) is 116 cm³/mol. The van der Waals surface area contributed by atoms with E-state index in [0.29, 0.717) is 37.0 Å². The Morgan fingerprint density at radius 3 is 2.53 bits per heavy atom. The Morgan fingerprint density at radius 2 is 1.77 bits per heavy atom. The van der Waals surface area contributed by atoms with E-state index in [0.717, 1.165) is 17.5 Å². The predicted octanol–water partition coefficient (Wildman–Crippen LogP) is 4.05. The molecule has 0 atom stereocenters. The van der Waals surface area contributed by atoms with Crippen LogP contribution in [0.3, 0.4) is 0 Å². The SMILES string of the molecule is CCc1ccc(CNC(=O)CCCn2c(=O)c3cccn3c3ccc(F)cc32)cc1. The number of fused-ring (bicyclic) bond motifs is 3. The first-order valence-electron chi connectivity index (χ1n) is 10.2. The summed E-state index contributed by atoms with van der Waals surface area (Å²) in [6.07, 6.45) is 3.56. The Labute approximate surface area is 173 Å². The number of hydrogen-bond donors (Lipinski definition) is 1. The molecule has 1 amide bonds. The smallest absolute Gasteiger partial charge is 0.275 e. The highest BCUT2D eigenvalue weighted by Crippen LogP contribution is 2.17. The first kappa shape index (κ1) is 19.9. The molecule has 4 rings (SSSR count). The molecule has 154 valence electrons. The lowest BCUT2D eigenvalue weighted by molar-refractivity contribution is -0.121. The molecule has 0 radical (unpaired) electrons. The average Bonchev–Trinajstić information content (AvgIpc) is 3.25. The van der Waals surface area contributed by atoms with Gasteiger partial charge in [-0.25, -0.2) is 4.39 Å². The maximum Gasteiger partial charge on any atom is 0.275 e. The van der Waals surface area contributed by atoms with Gasteiger partial charge in [0.2, 0.25) is 5.91 Å². The van der Waals surface area contributed by atoms with E-state index in [9.17, 15) is 14.0 Å². The van der Waals surface area contributed by atoms with Crippen molar-refractivity contribution in [3.63, 3.8) is 0 Å². The summed E-state index contributed by atoms with van der Waals surface area (Å²) in [6.45, 7) is 2.93. The fourth-order valence-corrected chi connectivity index (χ4v) is 3.73. The normalized spacial score (nSPS) is 11.3. The van der Waals surface area contributed by atoms with Crippen molar-refractivity contribution in [1.82, 2.24) is 14.3 Å². The van der Waals surface area contributed by atoms with E-state index in [2.05, 4.69) is 24.4 Å². The van der Waals surface area contributed by atoms with Gasteiger partial charge in [-0.3, -0.25) is 9.59 Å². The van der Waals surface area contributed by atoms with E-state index >= 15 is 0 Å². The number of carbonyl (C=O) groups excluding carboxylic acids is 1. The van der Waals surface area contributed by atoms with Crippen molar-refractivity contribution in [2.24, 2.45) is 0 Å². The standard InChI is InChI=1S/C24H24FN3O2/c1-2-17-7-9-18(10-8-17)16-26-23(29)6-4-14-28-22-15-19(25)11-12-20(22)27-13-3-5-21(27)24(28)30/h3,5,7-13,15H,2,4,6,14,16H2,1H3,(H,26,29). The molecular formula is C24H24FN3O2. The maximum absolute atomic E-state index is 13.8. The number of halogens is 1. The third kappa shape index (κ3) is 3.99. The third-order valence-electron chi connectivity index (χ3n) is 5.41. The zero-order valence-corrected chi connectivity index (χ0v) is 16.9. The van der Waals surface area contributed by atoms with Gasteiger partial charge < -0.3 is 14.3 Å². The topological polar surface area (TPSA) is 55.5 Å². The molecule has 0 aliphatic rings. The van der Waals surface area contributed by atoms with E-state index < -0.39 is 5.82 Å². The van der Waals surface area contributed by atoms with Gasteiger partial charge in [-0.15, -0.1) is 0 Å². The number of amides is 1. The summed E-state index contributed by atoms with van der Waals surface area (Å²) in [7, 11) is 0. The molecule has 0 bridgehead atoms.